The van der Waals surface area contributed by atoms with Gasteiger partial charge in [0.05, 0.1) is 28.4 Å². The molecule has 0 radical (unpaired) electrons. The van der Waals surface area contributed by atoms with Crippen LogP contribution in [0, 0.1) is 0 Å². The molecule has 6 heteroatoms. The Kier molecular flexibility index (Phi) is 12.1. The quantitative estimate of drug-likeness (QED) is 0.0923. The van der Waals surface area contributed by atoms with Crippen LogP contribution in [0.2, 0.25) is 0 Å². The van der Waals surface area contributed by atoms with Crippen LogP contribution in [-0.2, 0) is 6.54 Å². The van der Waals surface area contributed by atoms with Gasteiger partial charge in [0.25, 0.3) is 0 Å². The van der Waals surface area contributed by atoms with Crippen molar-refractivity contribution in [3.63, 3.8) is 0 Å². The lowest BCUT2D eigenvalue weighted by Crippen LogP contribution is -2.11. The molecule has 0 atom stereocenters. The van der Waals surface area contributed by atoms with Gasteiger partial charge in [-0.15, -0.1) is 0 Å². The number of methoxy groups -OCH3 is 4. The van der Waals surface area contributed by atoms with Gasteiger partial charge in [0.15, 0.2) is 0 Å². The summed E-state index contributed by atoms with van der Waals surface area (Å²) in [6.45, 7) is 3.26. The summed E-state index contributed by atoms with van der Waals surface area (Å²) in [7, 11) is 6.78. The highest BCUT2D eigenvalue weighted by Crippen LogP contribution is 2.36. The van der Waals surface area contributed by atoms with Crippen LogP contribution in [0.4, 0.5) is 5.69 Å². The second-order valence-electron chi connectivity index (χ2n) is 13.8. The van der Waals surface area contributed by atoms with Crippen molar-refractivity contribution in [1.29, 1.82) is 0 Å². The summed E-state index contributed by atoms with van der Waals surface area (Å²) in [5, 5.41) is 2.48. The molecule has 7 aromatic rings. The first-order valence-electron chi connectivity index (χ1n) is 19.3. The van der Waals surface area contributed by atoms with Crippen molar-refractivity contribution >= 4 is 38.6 Å². The summed E-state index contributed by atoms with van der Waals surface area (Å²) in [6, 6.07) is 48.6. The highest BCUT2D eigenvalue weighted by atomic mass is 16.5. The Bertz CT molecular complexity index is 2220. The minimum atomic E-state index is 0.803. The van der Waals surface area contributed by atoms with E-state index >= 15 is 0 Å². The van der Waals surface area contributed by atoms with Crippen LogP contribution in [0.15, 0.2) is 152 Å². The average molecular weight is 743 g/mol. The number of aromatic nitrogens is 1. The van der Waals surface area contributed by atoms with Crippen LogP contribution in [0.3, 0.4) is 0 Å². The lowest BCUT2D eigenvalue weighted by atomic mass is 9.97. The molecule has 0 aliphatic heterocycles. The average Bonchev–Trinajstić information content (AvgIpc) is 3.58. The van der Waals surface area contributed by atoms with E-state index in [0.717, 1.165) is 75.1 Å². The first-order chi connectivity index (χ1) is 27.5. The van der Waals surface area contributed by atoms with Gasteiger partial charge in [-0.1, -0.05) is 92.9 Å². The number of unbranched alkanes of at least 4 members (excludes halogenated alkanes) is 3. The third kappa shape index (κ3) is 8.30. The number of fused-ring (bicyclic) bond motifs is 3. The molecule has 284 valence electrons. The van der Waals surface area contributed by atoms with E-state index in [2.05, 4.69) is 120 Å². The summed E-state index contributed by atoms with van der Waals surface area (Å²) in [5.41, 5.74) is 9.82. The summed E-state index contributed by atoms with van der Waals surface area (Å²) in [5.74, 6) is 3.21. The number of anilines is 1. The summed E-state index contributed by atoms with van der Waals surface area (Å²) in [6.07, 6.45) is 9.33. The van der Waals surface area contributed by atoms with Crippen LogP contribution in [0.1, 0.15) is 54.9 Å². The fraction of sp³-hybridized carbons (Fsp3) is 0.200. The molecule has 0 aliphatic rings. The highest BCUT2D eigenvalue weighted by Gasteiger charge is 2.17. The van der Waals surface area contributed by atoms with Crippen LogP contribution in [-0.4, -0.2) is 33.0 Å². The van der Waals surface area contributed by atoms with E-state index in [1.165, 1.54) is 41.1 Å². The molecule has 6 nitrogen and oxygen atoms in total. The van der Waals surface area contributed by atoms with Gasteiger partial charge in [0.1, 0.15) is 23.0 Å². The van der Waals surface area contributed by atoms with Gasteiger partial charge in [0, 0.05) is 57.6 Å². The maximum absolute atomic E-state index is 5.56. The zero-order valence-electron chi connectivity index (χ0n) is 33.0. The number of rotatable bonds is 16. The predicted octanol–water partition coefficient (Wildman–Crippen LogP) is 12.4. The molecule has 0 fully saturated rings. The van der Waals surface area contributed by atoms with Crippen molar-refractivity contribution in [2.45, 2.75) is 39.2 Å². The number of hydrogen-bond donors (Lipinski definition) is 0. The van der Waals surface area contributed by atoms with E-state index in [1.807, 2.05) is 48.5 Å². The molecule has 0 bridgehead atoms. The maximum Gasteiger partial charge on any atom is 0.118 e. The predicted molar refractivity (Wildman–Crippen MR) is 232 cm³/mol. The number of ether oxygens (including phenoxy) is 4. The lowest BCUT2D eigenvalue weighted by Gasteiger charge is -2.22. The molecule has 0 saturated carbocycles. The van der Waals surface area contributed by atoms with Crippen molar-refractivity contribution in [3.8, 4) is 23.0 Å². The third-order valence-electron chi connectivity index (χ3n) is 10.4. The number of nitrogens with zero attached hydrogens (tertiary/aromatic N) is 2. The molecule has 7 rings (SSSR count). The second-order valence-corrected chi connectivity index (χ2v) is 13.8. The second kappa shape index (κ2) is 17.8. The van der Waals surface area contributed by atoms with Crippen LogP contribution < -0.4 is 23.8 Å². The number of benzene rings is 6. The third-order valence-corrected chi connectivity index (χ3v) is 10.4. The molecule has 56 heavy (non-hydrogen) atoms. The fourth-order valence-electron chi connectivity index (χ4n) is 7.32. The Morgan fingerprint density at radius 3 is 1.34 bits per heavy atom. The topological polar surface area (TPSA) is 45.1 Å². The summed E-state index contributed by atoms with van der Waals surface area (Å²) < 4.78 is 24.7. The molecular formula is C50H50N2O4. The van der Waals surface area contributed by atoms with Gasteiger partial charge in [-0.25, -0.2) is 0 Å². The van der Waals surface area contributed by atoms with Gasteiger partial charge in [-0.3, -0.25) is 0 Å². The largest absolute Gasteiger partial charge is 0.497 e. The zero-order valence-corrected chi connectivity index (χ0v) is 33.0. The minimum Gasteiger partial charge on any atom is -0.497 e. The van der Waals surface area contributed by atoms with Crippen LogP contribution in [0.25, 0.3) is 33.0 Å². The summed E-state index contributed by atoms with van der Waals surface area (Å²) in [4.78, 5) is 2.26. The van der Waals surface area contributed by atoms with Crippen molar-refractivity contribution in [3.05, 3.63) is 174 Å². The van der Waals surface area contributed by atoms with Crippen LogP contribution in [0.5, 0.6) is 23.0 Å². The number of aryl methyl sites for hydroxylation is 1. The minimum absolute atomic E-state index is 0.803. The van der Waals surface area contributed by atoms with Crippen molar-refractivity contribution in [1.82, 2.24) is 4.57 Å². The van der Waals surface area contributed by atoms with Gasteiger partial charge in [-0.2, -0.15) is 0 Å². The van der Waals surface area contributed by atoms with Gasteiger partial charge in [0.2, 0.25) is 0 Å². The molecule has 1 heterocycles. The molecule has 1 aromatic heterocycles. The molecule has 0 aliphatic carbocycles. The normalized spacial score (nSPS) is 10.9. The number of hydrogen-bond acceptors (Lipinski definition) is 5. The molecule has 0 spiro atoms. The first-order valence-corrected chi connectivity index (χ1v) is 19.3. The monoisotopic (exact) mass is 742 g/mol. The number of para-hydroxylation sites is 1. The van der Waals surface area contributed by atoms with Crippen molar-refractivity contribution in [2.24, 2.45) is 0 Å². The van der Waals surface area contributed by atoms with E-state index in [-0.39, 0.29) is 0 Å². The van der Waals surface area contributed by atoms with E-state index in [1.54, 1.807) is 28.4 Å². The van der Waals surface area contributed by atoms with Crippen molar-refractivity contribution < 1.29 is 18.9 Å². The lowest BCUT2D eigenvalue weighted by molar-refractivity contribution is 0.414. The SMILES string of the molecule is CCCCCCn1c2ccccc2c2cc(N(C=C(c3ccc(OC)cc3)c3ccc(OC)cc3)C=C(c3ccc(OC)cc3)c3ccc(OC)cc3)ccc21. The van der Waals surface area contributed by atoms with Crippen LogP contribution >= 0.6 is 0 Å². The Balaban J connectivity index is 1.48. The Hall–Kier alpha value is -6.40. The fourth-order valence-corrected chi connectivity index (χ4v) is 7.32. The van der Waals surface area contributed by atoms with Crippen molar-refractivity contribution in [2.75, 3.05) is 33.3 Å². The summed E-state index contributed by atoms with van der Waals surface area (Å²) >= 11 is 0. The first kappa shape index (κ1) is 37.9. The Morgan fingerprint density at radius 1 is 0.482 bits per heavy atom. The zero-order chi connectivity index (χ0) is 38.9. The maximum atomic E-state index is 5.56. The molecular weight excluding hydrogens is 693 g/mol. The standard InChI is InChI=1S/C50H50N2O4/c1-6-7-8-11-32-52-49-13-10-9-12-45(49)46-33-40(22-31-50(46)52)51(34-47(36-14-23-41(53-2)24-15-36)37-16-25-42(54-3)26-17-37)35-48(38-18-27-43(55-4)28-19-38)39-20-29-44(56-5)30-21-39/h9-10,12-31,33-35H,6-8,11,32H2,1-5H3. The van der Waals surface area contributed by atoms with E-state index < -0.39 is 0 Å². The molecule has 0 saturated heterocycles. The van der Waals surface area contributed by atoms with Gasteiger partial charge in [-0.05, 0) is 101 Å². The molecule has 6 aromatic carbocycles. The molecule has 0 unspecified atom stereocenters. The molecule has 0 amide bonds. The van der Waals surface area contributed by atoms with Gasteiger partial charge >= 0.3 is 0 Å². The van der Waals surface area contributed by atoms with E-state index in [9.17, 15) is 0 Å². The smallest absolute Gasteiger partial charge is 0.118 e. The Morgan fingerprint density at radius 2 is 0.911 bits per heavy atom. The molecule has 0 N–H and O–H groups in total. The van der Waals surface area contributed by atoms with E-state index in [0.29, 0.717) is 0 Å². The highest BCUT2D eigenvalue weighted by molar-refractivity contribution is 6.09. The van der Waals surface area contributed by atoms with Gasteiger partial charge < -0.3 is 28.4 Å². The Labute approximate surface area is 330 Å². The van der Waals surface area contributed by atoms with E-state index in [4.69, 9.17) is 18.9 Å².